The molecule has 0 aliphatic carbocycles. The van der Waals surface area contributed by atoms with Crippen LogP contribution in [0.3, 0.4) is 0 Å². The van der Waals surface area contributed by atoms with Crippen LogP contribution in [0, 0.1) is 0 Å². The third-order valence-electron chi connectivity index (χ3n) is 0.516. The van der Waals surface area contributed by atoms with Gasteiger partial charge in [-0.1, -0.05) is 0 Å². The van der Waals surface area contributed by atoms with Crippen LogP contribution in [0.2, 0.25) is 0 Å². The van der Waals surface area contributed by atoms with Gasteiger partial charge in [0.05, 0.1) is 0 Å². The minimum Gasteiger partial charge on any atom is -0.656 e. The maximum Gasteiger partial charge on any atom is 1.00 e. The van der Waals surface area contributed by atoms with Gasteiger partial charge in [-0.05, 0) is 0 Å². The molecular weight excluding hydrogens is 109 g/mol. The van der Waals surface area contributed by atoms with Gasteiger partial charge in [0.15, 0.2) is 0 Å². The normalized spacial score (nSPS) is 7.00. The fourth-order valence-corrected chi connectivity index (χ4v) is 0.257. The molecule has 0 fully saturated rings. The van der Waals surface area contributed by atoms with Crippen molar-refractivity contribution in [3.05, 3.63) is 30.6 Å². The van der Waals surface area contributed by atoms with Crippen molar-refractivity contribution >= 4 is 0 Å². The van der Waals surface area contributed by atoms with Crippen LogP contribution in [0.5, 0.6) is 0 Å². The van der Waals surface area contributed by atoms with Crippen LogP contribution in [-0.4, -0.2) is 13.1 Å². The van der Waals surface area contributed by atoms with Gasteiger partial charge in [0, 0.05) is 0 Å². The summed E-state index contributed by atoms with van der Waals surface area (Å²) in [7, 11) is 0. The smallest absolute Gasteiger partial charge is 0.656 e. The van der Waals surface area contributed by atoms with Gasteiger partial charge in [0.1, 0.15) is 0 Å². The Morgan fingerprint density at radius 2 is 1.50 bits per heavy atom. The van der Waals surface area contributed by atoms with E-state index in [2.05, 4.69) is 18.5 Å². The quantitative estimate of drug-likeness (QED) is 0.249. The summed E-state index contributed by atoms with van der Waals surface area (Å²) in [5.74, 6) is 0. The number of nitrogens with zero attached hydrogens (tertiary/aromatic N) is 1. The van der Waals surface area contributed by atoms with Gasteiger partial charge in [0.25, 0.3) is 0 Å². The molecule has 0 atom stereocenters. The Balaban J connectivity index is 0. The van der Waals surface area contributed by atoms with Crippen LogP contribution in [-0.2, 0) is 0 Å². The summed E-state index contributed by atoms with van der Waals surface area (Å²) in [5.41, 5.74) is 0. The monoisotopic (exact) mass is 119 g/mol. The minimum absolute atomic E-state index is 0. The van der Waals surface area contributed by atoms with Crippen molar-refractivity contribution in [2.24, 2.45) is 0 Å². The van der Waals surface area contributed by atoms with Crippen LogP contribution in [0.4, 0.5) is 0 Å². The van der Waals surface area contributed by atoms with Crippen molar-refractivity contribution < 1.29 is 29.6 Å². The zero-order valence-electron chi connectivity index (χ0n) is 5.43. The van der Waals surface area contributed by atoms with Gasteiger partial charge >= 0.3 is 29.6 Å². The van der Waals surface area contributed by atoms with E-state index in [-0.39, 0.29) is 29.6 Å². The van der Waals surface area contributed by atoms with Gasteiger partial charge in [-0.25, -0.2) is 0 Å². The van der Waals surface area contributed by atoms with E-state index < -0.39 is 0 Å². The van der Waals surface area contributed by atoms with Gasteiger partial charge in [-0.2, -0.15) is 0 Å². The fraction of sp³-hybridized carbons (Fsp3) is 0.333. The van der Waals surface area contributed by atoms with Crippen molar-refractivity contribution in [3.63, 3.8) is 0 Å². The first kappa shape index (κ1) is 11.3. The van der Waals surface area contributed by atoms with Gasteiger partial charge in [0.2, 0.25) is 0 Å². The van der Waals surface area contributed by atoms with Crippen LogP contribution in [0.25, 0.3) is 5.32 Å². The van der Waals surface area contributed by atoms with E-state index in [9.17, 15) is 0 Å². The van der Waals surface area contributed by atoms with Gasteiger partial charge in [-0.3, -0.25) is 0 Å². The molecule has 1 nitrogen and oxygen atoms in total. The Bertz CT molecular complexity index is 53.5. The van der Waals surface area contributed by atoms with Crippen molar-refractivity contribution in [1.82, 2.24) is 0 Å². The second-order valence-corrected chi connectivity index (χ2v) is 1.17. The maximum atomic E-state index is 3.97. The molecule has 0 saturated heterocycles. The molecule has 0 saturated carbocycles. The van der Waals surface area contributed by atoms with E-state index in [1.165, 1.54) is 0 Å². The summed E-state index contributed by atoms with van der Waals surface area (Å²) in [6.07, 6.45) is 3.53. The number of hydrogen-bond donors (Lipinski definition) is 0. The molecule has 0 bridgehead atoms. The third kappa shape index (κ3) is 9.67. The molecule has 0 radical (unpaired) electrons. The predicted molar refractivity (Wildman–Crippen MR) is 33.5 cm³/mol. The molecule has 0 aliphatic heterocycles. The number of rotatable bonds is 4. The largest absolute Gasteiger partial charge is 1.00 e. The fourth-order valence-electron chi connectivity index (χ4n) is 0.257. The molecule has 8 heavy (non-hydrogen) atoms. The van der Waals surface area contributed by atoms with E-state index in [0.717, 1.165) is 13.1 Å². The van der Waals surface area contributed by atoms with Crippen LogP contribution in [0.1, 0.15) is 0 Å². The zero-order valence-corrected chi connectivity index (χ0v) is 7.43. The zero-order chi connectivity index (χ0) is 5.54. The minimum atomic E-state index is 0. The third-order valence-corrected chi connectivity index (χ3v) is 0.516. The molecule has 2 heteroatoms. The first-order valence-corrected chi connectivity index (χ1v) is 2.27. The summed E-state index contributed by atoms with van der Waals surface area (Å²) in [6.45, 7) is 8.49. The summed E-state index contributed by atoms with van der Waals surface area (Å²) in [6, 6.07) is 0. The van der Waals surface area contributed by atoms with E-state index in [1.54, 1.807) is 12.2 Å². The Morgan fingerprint density at radius 3 is 1.75 bits per heavy atom. The maximum absolute atomic E-state index is 3.97. The van der Waals surface area contributed by atoms with E-state index in [4.69, 9.17) is 0 Å². The van der Waals surface area contributed by atoms with Crippen LogP contribution < -0.4 is 29.6 Å². The SMILES string of the molecule is C=CC[N-]CC=C.[Na+]. The van der Waals surface area contributed by atoms with Crippen molar-refractivity contribution in [2.75, 3.05) is 13.1 Å². The molecule has 0 amide bonds. The average Bonchev–Trinajstić information content (AvgIpc) is 1.69. The van der Waals surface area contributed by atoms with Crippen molar-refractivity contribution in [2.45, 2.75) is 0 Å². The second kappa shape index (κ2) is 10.4. The first-order chi connectivity index (χ1) is 3.41. The molecule has 0 aromatic rings. The molecule has 0 unspecified atom stereocenters. The molecule has 0 rings (SSSR count). The Kier molecular flexibility index (Phi) is 14.7. The van der Waals surface area contributed by atoms with E-state index in [1.807, 2.05) is 0 Å². The van der Waals surface area contributed by atoms with E-state index >= 15 is 0 Å². The summed E-state index contributed by atoms with van der Waals surface area (Å²) < 4.78 is 0. The molecule has 0 N–H and O–H groups in total. The Morgan fingerprint density at radius 1 is 1.12 bits per heavy atom. The first-order valence-electron chi connectivity index (χ1n) is 2.27. The molecule has 40 valence electrons. The van der Waals surface area contributed by atoms with Crippen LogP contribution >= 0.6 is 0 Å². The van der Waals surface area contributed by atoms with Crippen LogP contribution in [0.15, 0.2) is 25.3 Å². The van der Waals surface area contributed by atoms with Gasteiger partial charge in [-0.15, -0.1) is 38.4 Å². The van der Waals surface area contributed by atoms with Gasteiger partial charge < -0.3 is 5.32 Å². The number of hydrogen-bond acceptors (Lipinski definition) is 0. The summed E-state index contributed by atoms with van der Waals surface area (Å²) in [4.78, 5) is 0. The molecule has 0 heterocycles. The molecule has 0 aliphatic rings. The van der Waals surface area contributed by atoms with Crippen molar-refractivity contribution in [3.8, 4) is 0 Å². The Hall–Kier alpha value is 0.440. The second-order valence-electron chi connectivity index (χ2n) is 1.17. The summed E-state index contributed by atoms with van der Waals surface area (Å²) >= 11 is 0. The molecule has 0 aromatic heterocycles. The van der Waals surface area contributed by atoms with E-state index in [0.29, 0.717) is 0 Å². The predicted octanol–water partition coefficient (Wildman–Crippen LogP) is -1.26. The average molecular weight is 119 g/mol. The standard InChI is InChI=1S/C6H10N.Na/c1-3-5-7-6-4-2;/h3-4H,1-2,5-6H2;/q-1;+1. The molecule has 0 spiro atoms. The molecular formula is C6H10NNa. The van der Waals surface area contributed by atoms with Crippen molar-refractivity contribution in [1.29, 1.82) is 0 Å². The topological polar surface area (TPSA) is 14.1 Å². The molecule has 0 aromatic carbocycles. The summed E-state index contributed by atoms with van der Waals surface area (Å²) in [5, 5.41) is 3.97. The Labute approximate surface area is 73.1 Å².